The fraction of sp³-hybridized carbons (Fsp3) is 0.0500. The fourth-order valence-electron chi connectivity index (χ4n) is 3.20. The van der Waals surface area contributed by atoms with Crippen molar-refractivity contribution in [3.05, 3.63) is 75.8 Å². The first-order chi connectivity index (χ1) is 13.9. The normalized spacial score (nSPS) is 11.3. The molecule has 2 heterocycles. The molecule has 4 aromatic rings. The molecular weight excluding hydrogens is 406 g/mol. The number of carboxylic acid groups (broad SMARTS) is 1. The summed E-state index contributed by atoms with van der Waals surface area (Å²) in [6, 6.07) is 11.7. The van der Waals surface area contributed by atoms with Crippen molar-refractivity contribution in [1.29, 1.82) is 0 Å². The molecule has 2 aromatic heterocycles. The van der Waals surface area contributed by atoms with E-state index in [0.717, 1.165) is 4.57 Å². The lowest BCUT2D eigenvalue weighted by molar-refractivity contribution is -0.0497. The highest BCUT2D eigenvalue weighted by Gasteiger charge is 2.19. The number of aromatic carboxylic acids is 1. The van der Waals surface area contributed by atoms with Crippen molar-refractivity contribution in [1.82, 2.24) is 9.55 Å². The molecule has 146 valence electrons. The quantitative estimate of drug-likeness (QED) is 0.496. The van der Waals surface area contributed by atoms with Crippen molar-refractivity contribution < 1.29 is 23.4 Å². The van der Waals surface area contributed by atoms with Crippen LogP contribution in [0.5, 0.6) is 5.75 Å². The van der Waals surface area contributed by atoms with E-state index in [9.17, 15) is 23.5 Å². The monoisotopic (exact) mass is 416 g/mol. The average Bonchev–Trinajstić information content (AvgIpc) is 2.67. The van der Waals surface area contributed by atoms with Crippen LogP contribution in [0.15, 0.2) is 59.5 Å². The number of carbonyl (C=O) groups is 1. The number of alkyl halides is 2. The predicted octanol–water partition coefficient (Wildman–Crippen LogP) is 4.49. The van der Waals surface area contributed by atoms with E-state index >= 15 is 0 Å². The first-order valence-corrected chi connectivity index (χ1v) is 8.66. The van der Waals surface area contributed by atoms with E-state index < -0.39 is 23.7 Å². The van der Waals surface area contributed by atoms with Crippen LogP contribution in [-0.2, 0) is 0 Å². The van der Waals surface area contributed by atoms with Crippen molar-refractivity contribution in [3.8, 4) is 11.4 Å². The second-order valence-corrected chi connectivity index (χ2v) is 6.43. The third kappa shape index (κ3) is 3.27. The van der Waals surface area contributed by atoms with Crippen LogP contribution in [0.2, 0.25) is 5.15 Å². The number of rotatable bonds is 4. The van der Waals surface area contributed by atoms with Gasteiger partial charge in [0.1, 0.15) is 16.5 Å². The molecule has 9 heteroatoms. The highest BCUT2D eigenvalue weighted by Crippen LogP contribution is 2.29. The van der Waals surface area contributed by atoms with Crippen LogP contribution in [0.4, 0.5) is 8.78 Å². The molecule has 4 rings (SSSR count). The third-order valence-corrected chi connectivity index (χ3v) is 4.71. The average molecular weight is 417 g/mol. The number of fused-ring (bicyclic) bond motifs is 2. The number of hydrogen-bond acceptors (Lipinski definition) is 4. The van der Waals surface area contributed by atoms with Crippen LogP contribution in [-0.4, -0.2) is 27.2 Å². The van der Waals surface area contributed by atoms with E-state index in [-0.39, 0.29) is 16.4 Å². The van der Waals surface area contributed by atoms with Gasteiger partial charge in [-0.3, -0.25) is 9.36 Å². The van der Waals surface area contributed by atoms with Gasteiger partial charge in [-0.05, 0) is 35.7 Å². The van der Waals surface area contributed by atoms with Gasteiger partial charge in [0, 0.05) is 23.0 Å². The molecular formula is C20H11ClF2N2O4. The smallest absolute Gasteiger partial charge is 0.387 e. The molecule has 0 atom stereocenters. The summed E-state index contributed by atoms with van der Waals surface area (Å²) in [6.07, 6.45) is 1.45. The molecule has 0 aliphatic rings. The maximum atomic E-state index is 13.0. The Morgan fingerprint density at radius 3 is 2.66 bits per heavy atom. The Labute approximate surface area is 166 Å². The van der Waals surface area contributed by atoms with Crippen LogP contribution in [0, 0.1) is 0 Å². The number of nitrogens with zero attached hydrogens (tertiary/aromatic N) is 2. The van der Waals surface area contributed by atoms with Gasteiger partial charge in [0.05, 0.1) is 11.2 Å². The highest BCUT2D eigenvalue weighted by molar-refractivity contribution is 6.34. The molecule has 1 N–H and O–H groups in total. The molecule has 0 amide bonds. The molecule has 0 saturated carbocycles. The number of pyridine rings is 2. The highest BCUT2D eigenvalue weighted by atomic mass is 35.5. The summed E-state index contributed by atoms with van der Waals surface area (Å²) in [5, 5.41) is 11.1. The van der Waals surface area contributed by atoms with E-state index in [1.165, 1.54) is 30.5 Å². The first-order valence-electron chi connectivity index (χ1n) is 8.28. The molecule has 0 spiro atoms. The second-order valence-electron chi connectivity index (χ2n) is 6.08. The summed E-state index contributed by atoms with van der Waals surface area (Å²) in [7, 11) is 0. The van der Waals surface area contributed by atoms with Crippen molar-refractivity contribution in [2.24, 2.45) is 0 Å². The molecule has 0 unspecified atom stereocenters. The lowest BCUT2D eigenvalue weighted by Crippen LogP contribution is -2.25. The van der Waals surface area contributed by atoms with Crippen molar-refractivity contribution in [2.75, 3.05) is 0 Å². The fourth-order valence-corrected chi connectivity index (χ4v) is 3.43. The molecule has 0 aliphatic carbocycles. The van der Waals surface area contributed by atoms with Gasteiger partial charge in [-0.1, -0.05) is 23.7 Å². The Bertz CT molecular complexity index is 1340. The zero-order valence-electron chi connectivity index (χ0n) is 14.5. The van der Waals surface area contributed by atoms with Gasteiger partial charge in [-0.15, -0.1) is 0 Å². The minimum atomic E-state index is -3.05. The van der Waals surface area contributed by atoms with Crippen molar-refractivity contribution in [2.45, 2.75) is 6.61 Å². The molecule has 0 radical (unpaired) electrons. The van der Waals surface area contributed by atoms with Gasteiger partial charge in [-0.25, -0.2) is 9.78 Å². The molecule has 2 aromatic carbocycles. The summed E-state index contributed by atoms with van der Waals surface area (Å²) >= 11 is 6.14. The molecule has 0 aliphatic heterocycles. The topological polar surface area (TPSA) is 81.4 Å². The first kappa shape index (κ1) is 18.8. The zero-order valence-corrected chi connectivity index (χ0v) is 15.2. The lowest BCUT2D eigenvalue weighted by atomic mass is 10.1. The third-order valence-electron chi connectivity index (χ3n) is 4.41. The van der Waals surface area contributed by atoms with Crippen LogP contribution in [0.3, 0.4) is 0 Å². The van der Waals surface area contributed by atoms with E-state index in [4.69, 9.17) is 11.6 Å². The summed E-state index contributed by atoms with van der Waals surface area (Å²) in [4.78, 5) is 28.6. The Morgan fingerprint density at radius 2 is 1.93 bits per heavy atom. The second kappa shape index (κ2) is 7.14. The Kier molecular flexibility index (Phi) is 4.63. The Balaban J connectivity index is 2.15. The number of ether oxygens (including phenoxy) is 1. The largest absolute Gasteiger partial charge is 0.477 e. The van der Waals surface area contributed by atoms with E-state index in [1.54, 1.807) is 24.3 Å². The SMILES string of the molecule is O=C(O)c1cc2ccc(OC(F)F)cc2n(-c2cccc3c(Cl)nccc23)c1=O. The van der Waals surface area contributed by atoms with Crippen molar-refractivity contribution >= 4 is 39.2 Å². The molecule has 0 saturated heterocycles. The van der Waals surface area contributed by atoms with Crippen LogP contribution < -0.4 is 10.3 Å². The Hall–Kier alpha value is -3.52. The summed E-state index contributed by atoms with van der Waals surface area (Å²) < 4.78 is 30.9. The maximum Gasteiger partial charge on any atom is 0.387 e. The van der Waals surface area contributed by atoms with Gasteiger partial charge < -0.3 is 9.84 Å². The summed E-state index contributed by atoms with van der Waals surface area (Å²) in [5.41, 5.74) is -0.741. The number of aromatic nitrogens is 2. The molecule has 6 nitrogen and oxygen atoms in total. The molecule has 0 bridgehead atoms. The lowest BCUT2D eigenvalue weighted by Gasteiger charge is -2.15. The van der Waals surface area contributed by atoms with Crippen LogP contribution >= 0.6 is 11.6 Å². The number of benzene rings is 2. The summed E-state index contributed by atoms with van der Waals surface area (Å²) in [5.74, 6) is -1.57. The van der Waals surface area contributed by atoms with Gasteiger partial charge >= 0.3 is 12.6 Å². The van der Waals surface area contributed by atoms with E-state index in [2.05, 4.69) is 9.72 Å². The van der Waals surface area contributed by atoms with Crippen molar-refractivity contribution in [3.63, 3.8) is 0 Å². The maximum absolute atomic E-state index is 13.0. The van der Waals surface area contributed by atoms with Gasteiger partial charge in [0.15, 0.2) is 0 Å². The number of halogens is 3. The predicted molar refractivity (Wildman–Crippen MR) is 103 cm³/mol. The number of carboxylic acids is 1. The van der Waals surface area contributed by atoms with Gasteiger partial charge in [0.25, 0.3) is 5.56 Å². The number of hydrogen-bond donors (Lipinski definition) is 1. The van der Waals surface area contributed by atoms with Gasteiger partial charge in [-0.2, -0.15) is 8.78 Å². The van der Waals surface area contributed by atoms with E-state index in [1.807, 2.05) is 0 Å². The zero-order chi connectivity index (χ0) is 20.7. The van der Waals surface area contributed by atoms with Crippen LogP contribution in [0.25, 0.3) is 27.4 Å². The standard InChI is InChI=1S/C20H11ClF2N2O4/c21-17-13-2-1-3-15(12(13)6-7-24-17)25-16-9-11(29-20(22)23)5-4-10(16)8-14(18(25)26)19(27)28/h1-9,20H,(H,27,28). The minimum Gasteiger partial charge on any atom is -0.477 e. The molecule has 29 heavy (non-hydrogen) atoms. The Morgan fingerprint density at radius 1 is 1.14 bits per heavy atom. The minimum absolute atomic E-state index is 0.163. The van der Waals surface area contributed by atoms with Crippen LogP contribution in [0.1, 0.15) is 10.4 Å². The van der Waals surface area contributed by atoms with E-state index in [0.29, 0.717) is 21.8 Å². The van der Waals surface area contributed by atoms with Gasteiger partial charge in [0.2, 0.25) is 0 Å². The summed E-state index contributed by atoms with van der Waals surface area (Å²) in [6.45, 7) is -3.05. The molecule has 0 fully saturated rings.